The molecule has 0 aliphatic carbocycles. The van der Waals surface area contributed by atoms with Crippen molar-refractivity contribution in [2.75, 3.05) is 18.2 Å². The molecule has 2 aromatic carbocycles. The second-order valence-corrected chi connectivity index (χ2v) is 8.63. The molecule has 0 unspecified atom stereocenters. The molecule has 0 spiro atoms. The fourth-order valence-corrected chi connectivity index (χ4v) is 4.11. The van der Waals surface area contributed by atoms with E-state index < -0.39 is 0 Å². The van der Waals surface area contributed by atoms with Crippen LogP contribution in [0.4, 0.5) is 5.69 Å². The van der Waals surface area contributed by atoms with Crippen molar-refractivity contribution in [1.82, 2.24) is 20.1 Å². The highest BCUT2D eigenvalue weighted by Crippen LogP contribution is 2.24. The van der Waals surface area contributed by atoms with Crippen molar-refractivity contribution >= 4 is 52.5 Å². The smallest absolute Gasteiger partial charge is 0.251 e. The molecular formula is C21H21Cl2N5O3S. The number of benzene rings is 2. The molecule has 0 saturated heterocycles. The van der Waals surface area contributed by atoms with Crippen molar-refractivity contribution in [2.45, 2.75) is 18.1 Å². The SMILES string of the molecule is COc1ccc(C(=O)N[C@@H](C)c2nnc(SCC(=O)Nc3cc(Cl)cc(Cl)c3)n2C)cc1. The third-order valence-electron chi connectivity index (χ3n) is 4.43. The molecule has 3 rings (SSSR count). The third-order valence-corrected chi connectivity index (χ3v) is 5.89. The Balaban J connectivity index is 1.57. The molecule has 0 aliphatic heterocycles. The number of hydrogen-bond acceptors (Lipinski definition) is 6. The highest BCUT2D eigenvalue weighted by atomic mass is 35.5. The van der Waals surface area contributed by atoms with Crippen molar-refractivity contribution < 1.29 is 14.3 Å². The van der Waals surface area contributed by atoms with Gasteiger partial charge in [0.05, 0.1) is 18.9 Å². The van der Waals surface area contributed by atoms with E-state index in [-0.39, 0.29) is 23.6 Å². The van der Waals surface area contributed by atoms with E-state index in [4.69, 9.17) is 27.9 Å². The van der Waals surface area contributed by atoms with Crippen LogP contribution in [0.15, 0.2) is 47.6 Å². The number of amides is 2. The lowest BCUT2D eigenvalue weighted by Crippen LogP contribution is -2.28. The zero-order chi connectivity index (χ0) is 23.3. The van der Waals surface area contributed by atoms with Crippen molar-refractivity contribution in [3.63, 3.8) is 0 Å². The average molecular weight is 494 g/mol. The average Bonchev–Trinajstić information content (AvgIpc) is 3.12. The summed E-state index contributed by atoms with van der Waals surface area (Å²) in [5.74, 6) is 0.877. The van der Waals surface area contributed by atoms with Crippen molar-refractivity contribution in [2.24, 2.45) is 7.05 Å². The molecule has 1 aromatic heterocycles. The molecule has 1 atom stereocenters. The molecule has 32 heavy (non-hydrogen) atoms. The Morgan fingerprint density at radius 3 is 2.41 bits per heavy atom. The number of anilines is 1. The molecule has 1 heterocycles. The molecule has 0 radical (unpaired) electrons. The molecule has 2 amide bonds. The Labute approximate surface area is 199 Å². The van der Waals surface area contributed by atoms with E-state index in [2.05, 4.69) is 20.8 Å². The van der Waals surface area contributed by atoms with Crippen molar-refractivity contribution in [3.8, 4) is 5.75 Å². The summed E-state index contributed by atoms with van der Waals surface area (Å²) < 4.78 is 6.85. The first-order chi connectivity index (χ1) is 15.3. The molecule has 2 N–H and O–H groups in total. The predicted molar refractivity (Wildman–Crippen MR) is 126 cm³/mol. The van der Waals surface area contributed by atoms with Crippen LogP contribution >= 0.6 is 35.0 Å². The van der Waals surface area contributed by atoms with Gasteiger partial charge in [0.2, 0.25) is 5.91 Å². The first kappa shape index (κ1) is 23.9. The second kappa shape index (κ2) is 10.7. The van der Waals surface area contributed by atoms with E-state index in [9.17, 15) is 9.59 Å². The van der Waals surface area contributed by atoms with Gasteiger partial charge in [0.15, 0.2) is 11.0 Å². The van der Waals surface area contributed by atoms with Gasteiger partial charge >= 0.3 is 0 Å². The van der Waals surface area contributed by atoms with Gasteiger partial charge < -0.3 is 19.9 Å². The van der Waals surface area contributed by atoms with E-state index in [0.29, 0.717) is 38.0 Å². The van der Waals surface area contributed by atoms with Gasteiger partial charge in [0.25, 0.3) is 5.91 Å². The van der Waals surface area contributed by atoms with Gasteiger partial charge in [-0.05, 0) is 49.4 Å². The highest BCUT2D eigenvalue weighted by Gasteiger charge is 2.19. The molecule has 168 valence electrons. The standard InChI is InChI=1S/C21H21Cl2N5O3S/c1-12(24-20(30)13-4-6-17(31-3)7-5-13)19-26-27-21(28(19)2)32-11-18(29)25-16-9-14(22)8-15(23)10-16/h4-10,12H,11H2,1-3H3,(H,24,30)(H,25,29)/t12-/m0/s1. The van der Waals surface area contributed by atoms with Gasteiger partial charge in [-0.15, -0.1) is 10.2 Å². The summed E-state index contributed by atoms with van der Waals surface area (Å²) in [7, 11) is 3.35. The second-order valence-electron chi connectivity index (χ2n) is 6.82. The maximum Gasteiger partial charge on any atom is 0.251 e. The highest BCUT2D eigenvalue weighted by molar-refractivity contribution is 7.99. The number of methoxy groups -OCH3 is 1. The molecule has 0 saturated carbocycles. The Kier molecular flexibility index (Phi) is 8.00. The molecular weight excluding hydrogens is 473 g/mol. The first-order valence-electron chi connectivity index (χ1n) is 9.49. The van der Waals surface area contributed by atoms with Gasteiger partial charge in [0, 0.05) is 28.3 Å². The zero-order valence-corrected chi connectivity index (χ0v) is 19.9. The van der Waals surface area contributed by atoms with Crippen LogP contribution in [0, 0.1) is 0 Å². The number of rotatable bonds is 8. The minimum absolute atomic E-state index is 0.114. The molecule has 11 heteroatoms. The minimum Gasteiger partial charge on any atom is -0.497 e. The van der Waals surface area contributed by atoms with E-state index in [0.717, 1.165) is 0 Å². The van der Waals surface area contributed by atoms with Crippen LogP contribution < -0.4 is 15.4 Å². The Bertz CT molecular complexity index is 1100. The maximum atomic E-state index is 12.5. The maximum absolute atomic E-state index is 12.5. The number of nitrogens with zero attached hydrogens (tertiary/aromatic N) is 3. The Morgan fingerprint density at radius 2 is 1.78 bits per heavy atom. The third kappa shape index (κ3) is 6.15. The van der Waals surface area contributed by atoms with Crippen molar-refractivity contribution in [3.05, 3.63) is 63.9 Å². The number of hydrogen-bond donors (Lipinski definition) is 2. The number of aromatic nitrogens is 3. The lowest BCUT2D eigenvalue weighted by molar-refractivity contribution is -0.113. The number of nitrogens with one attached hydrogen (secondary N) is 2. The van der Waals surface area contributed by atoms with Gasteiger partial charge in [-0.25, -0.2) is 0 Å². The largest absolute Gasteiger partial charge is 0.497 e. The Morgan fingerprint density at radius 1 is 1.12 bits per heavy atom. The fraction of sp³-hybridized carbons (Fsp3) is 0.238. The summed E-state index contributed by atoms with van der Waals surface area (Å²) in [5.41, 5.74) is 1.02. The molecule has 8 nitrogen and oxygen atoms in total. The number of carbonyl (C=O) groups excluding carboxylic acids is 2. The number of halogens is 2. The van der Waals surface area contributed by atoms with Crippen LogP contribution in [0.5, 0.6) is 5.75 Å². The van der Waals surface area contributed by atoms with Crippen LogP contribution in [0.2, 0.25) is 10.0 Å². The first-order valence-corrected chi connectivity index (χ1v) is 11.2. The fourth-order valence-electron chi connectivity index (χ4n) is 2.87. The van der Waals surface area contributed by atoms with Crippen LogP contribution in [0.1, 0.15) is 29.1 Å². The van der Waals surface area contributed by atoms with E-state index in [1.165, 1.54) is 11.8 Å². The van der Waals surface area contributed by atoms with Gasteiger partial charge in [-0.1, -0.05) is 35.0 Å². The monoisotopic (exact) mass is 493 g/mol. The van der Waals surface area contributed by atoms with Gasteiger partial charge in [-0.3, -0.25) is 9.59 Å². The quantitative estimate of drug-likeness (QED) is 0.452. The summed E-state index contributed by atoms with van der Waals surface area (Å²) in [5, 5.41) is 15.4. The van der Waals surface area contributed by atoms with Crippen molar-refractivity contribution in [1.29, 1.82) is 0 Å². The van der Waals surface area contributed by atoms with Crippen LogP contribution in [-0.4, -0.2) is 39.4 Å². The summed E-state index contributed by atoms with van der Waals surface area (Å²) >= 11 is 13.1. The van der Waals surface area contributed by atoms with E-state index in [1.54, 1.807) is 61.2 Å². The Hall–Kier alpha value is -2.75. The number of ether oxygens (including phenoxy) is 1. The summed E-state index contributed by atoms with van der Waals surface area (Å²) in [6.07, 6.45) is 0. The molecule has 0 bridgehead atoms. The van der Waals surface area contributed by atoms with Gasteiger partial charge in [-0.2, -0.15) is 0 Å². The van der Waals surface area contributed by atoms with Crippen LogP contribution in [0.3, 0.4) is 0 Å². The normalized spacial score (nSPS) is 11.7. The molecule has 3 aromatic rings. The summed E-state index contributed by atoms with van der Waals surface area (Å²) in [6, 6.07) is 11.2. The number of thioether (sulfide) groups is 1. The molecule has 0 aliphatic rings. The van der Waals surface area contributed by atoms with Gasteiger partial charge in [0.1, 0.15) is 5.75 Å². The van der Waals surface area contributed by atoms with Crippen LogP contribution in [0.25, 0.3) is 0 Å². The predicted octanol–water partition coefficient (Wildman–Crippen LogP) is 4.35. The minimum atomic E-state index is -0.390. The van der Waals surface area contributed by atoms with Crippen LogP contribution in [-0.2, 0) is 11.8 Å². The molecule has 0 fully saturated rings. The lowest BCUT2D eigenvalue weighted by Gasteiger charge is -2.14. The lowest BCUT2D eigenvalue weighted by atomic mass is 10.2. The summed E-state index contributed by atoms with van der Waals surface area (Å²) in [6.45, 7) is 1.81. The number of carbonyl (C=O) groups is 2. The van der Waals surface area contributed by atoms with E-state index >= 15 is 0 Å². The zero-order valence-electron chi connectivity index (χ0n) is 17.6. The summed E-state index contributed by atoms with van der Waals surface area (Å²) in [4.78, 5) is 24.8. The van der Waals surface area contributed by atoms with E-state index in [1.807, 2.05) is 6.92 Å². The topological polar surface area (TPSA) is 98.1 Å².